The van der Waals surface area contributed by atoms with Crippen molar-refractivity contribution in [3.8, 4) is 5.75 Å². The van der Waals surface area contributed by atoms with Crippen molar-refractivity contribution in [1.29, 1.82) is 0 Å². The van der Waals surface area contributed by atoms with E-state index in [0.717, 1.165) is 0 Å². The van der Waals surface area contributed by atoms with Crippen molar-refractivity contribution in [3.05, 3.63) is 41.6 Å². The number of phenolic OH excluding ortho intramolecular Hbond substituents is 1. The van der Waals surface area contributed by atoms with Gasteiger partial charge < -0.3 is 15.5 Å². The zero-order valence-corrected chi connectivity index (χ0v) is 9.75. The van der Waals surface area contributed by atoms with Gasteiger partial charge in [-0.05, 0) is 6.07 Å². The Hall–Kier alpha value is -2.83. The van der Waals surface area contributed by atoms with Crippen LogP contribution in [0.3, 0.4) is 0 Å². The number of nitrogens with zero attached hydrogens (tertiary/aromatic N) is 1. The smallest absolute Gasteiger partial charge is 0.353 e. The Bertz CT molecular complexity index is 621. The van der Waals surface area contributed by atoms with Crippen molar-refractivity contribution < 1.29 is 19.8 Å². The fourth-order valence-electron chi connectivity index (χ4n) is 1.52. The number of aromatic nitrogens is 2. The topological polar surface area (TPSA) is 115 Å². The van der Waals surface area contributed by atoms with E-state index < -0.39 is 11.9 Å². The highest BCUT2D eigenvalue weighted by Gasteiger charge is 2.11. The van der Waals surface area contributed by atoms with E-state index in [4.69, 9.17) is 5.11 Å². The van der Waals surface area contributed by atoms with Gasteiger partial charge in [0.1, 0.15) is 11.4 Å². The largest absolute Gasteiger partial charge is 0.508 e. The van der Waals surface area contributed by atoms with Gasteiger partial charge in [-0.2, -0.15) is 5.10 Å². The van der Waals surface area contributed by atoms with E-state index in [9.17, 15) is 14.7 Å². The molecule has 0 saturated heterocycles. The van der Waals surface area contributed by atoms with Gasteiger partial charge in [0.2, 0.25) is 5.91 Å². The quantitative estimate of drug-likeness (QED) is 0.655. The minimum Gasteiger partial charge on any atom is -0.508 e. The molecule has 0 saturated carbocycles. The maximum Gasteiger partial charge on any atom is 0.353 e. The summed E-state index contributed by atoms with van der Waals surface area (Å²) in [7, 11) is 0. The van der Waals surface area contributed by atoms with Gasteiger partial charge in [-0.3, -0.25) is 9.89 Å². The van der Waals surface area contributed by atoms with Crippen LogP contribution in [0.1, 0.15) is 16.1 Å². The van der Waals surface area contributed by atoms with Crippen LogP contribution in [0, 0.1) is 0 Å². The number of hydrogen-bond acceptors (Lipinski definition) is 4. The lowest BCUT2D eigenvalue weighted by Gasteiger charge is -2.03. The normalized spacial score (nSPS) is 10.1. The van der Waals surface area contributed by atoms with E-state index in [-0.39, 0.29) is 23.7 Å². The van der Waals surface area contributed by atoms with Crippen LogP contribution in [0.2, 0.25) is 0 Å². The second-order valence-corrected chi connectivity index (χ2v) is 3.83. The predicted octanol–water partition coefficient (Wildman–Crippen LogP) is 0.995. The molecule has 98 valence electrons. The molecule has 0 aliphatic carbocycles. The number of anilines is 1. The van der Waals surface area contributed by atoms with Crippen molar-refractivity contribution in [2.75, 3.05) is 5.32 Å². The van der Waals surface area contributed by atoms with Gasteiger partial charge in [0.05, 0.1) is 6.42 Å². The van der Waals surface area contributed by atoms with Crippen molar-refractivity contribution in [2.24, 2.45) is 0 Å². The first-order valence-electron chi connectivity index (χ1n) is 5.41. The maximum atomic E-state index is 11.7. The highest BCUT2D eigenvalue weighted by Crippen LogP contribution is 2.16. The number of para-hydroxylation sites is 1. The van der Waals surface area contributed by atoms with Crippen LogP contribution >= 0.6 is 0 Å². The van der Waals surface area contributed by atoms with Gasteiger partial charge in [0.25, 0.3) is 0 Å². The molecule has 1 amide bonds. The van der Waals surface area contributed by atoms with Crippen molar-refractivity contribution in [3.63, 3.8) is 0 Å². The van der Waals surface area contributed by atoms with Crippen LogP contribution in [0.5, 0.6) is 5.75 Å². The molecule has 0 bridgehead atoms. The monoisotopic (exact) mass is 261 g/mol. The number of hydrogen-bond donors (Lipinski definition) is 4. The van der Waals surface area contributed by atoms with Gasteiger partial charge in [-0.25, -0.2) is 4.79 Å². The zero-order chi connectivity index (χ0) is 13.8. The predicted molar refractivity (Wildman–Crippen MR) is 66.0 cm³/mol. The molecule has 7 nitrogen and oxygen atoms in total. The number of rotatable bonds is 4. The van der Waals surface area contributed by atoms with Crippen LogP contribution < -0.4 is 5.32 Å². The van der Waals surface area contributed by atoms with Crippen LogP contribution in [-0.2, 0) is 11.2 Å². The fraction of sp³-hybridized carbons (Fsp3) is 0.0833. The number of aromatic hydroxyl groups is 1. The zero-order valence-electron chi connectivity index (χ0n) is 9.75. The van der Waals surface area contributed by atoms with Gasteiger partial charge in [0, 0.05) is 11.6 Å². The number of aromatic amines is 1. The summed E-state index contributed by atoms with van der Waals surface area (Å²) in [6.45, 7) is 0. The van der Waals surface area contributed by atoms with Crippen LogP contribution in [0.25, 0.3) is 0 Å². The fourth-order valence-corrected chi connectivity index (χ4v) is 1.52. The summed E-state index contributed by atoms with van der Waals surface area (Å²) in [5.74, 6) is -1.40. The highest BCUT2D eigenvalue weighted by atomic mass is 16.4. The van der Waals surface area contributed by atoms with Crippen LogP contribution in [0.15, 0.2) is 30.3 Å². The molecule has 0 atom stereocenters. The summed E-state index contributed by atoms with van der Waals surface area (Å²) in [5.41, 5.74) is 0.367. The first kappa shape index (κ1) is 12.6. The summed E-state index contributed by atoms with van der Waals surface area (Å²) in [5, 5.41) is 26.6. The molecule has 0 unspecified atom stereocenters. The molecule has 0 fully saturated rings. The number of H-pyrrole nitrogens is 1. The molecule has 19 heavy (non-hydrogen) atoms. The van der Waals surface area contributed by atoms with E-state index in [0.29, 0.717) is 5.56 Å². The third kappa shape index (κ3) is 3.09. The van der Waals surface area contributed by atoms with E-state index in [1.165, 1.54) is 12.1 Å². The minimum atomic E-state index is -1.16. The van der Waals surface area contributed by atoms with Crippen molar-refractivity contribution >= 4 is 17.7 Å². The number of carboxylic acid groups (broad SMARTS) is 1. The number of carbonyl (C=O) groups is 2. The number of amides is 1. The lowest BCUT2D eigenvalue weighted by atomic mass is 10.1. The lowest BCUT2D eigenvalue weighted by Crippen LogP contribution is -2.14. The molecule has 1 aromatic heterocycles. The van der Waals surface area contributed by atoms with E-state index in [1.807, 2.05) is 0 Å². The summed E-state index contributed by atoms with van der Waals surface area (Å²) in [6, 6.07) is 7.69. The Morgan fingerprint density at radius 2 is 2.05 bits per heavy atom. The highest BCUT2D eigenvalue weighted by molar-refractivity contribution is 5.93. The molecular weight excluding hydrogens is 250 g/mol. The number of nitrogens with one attached hydrogen (secondary N) is 2. The number of phenols is 1. The molecule has 0 aliphatic rings. The first-order valence-corrected chi connectivity index (χ1v) is 5.41. The Morgan fingerprint density at radius 1 is 1.32 bits per heavy atom. The average Bonchev–Trinajstić information content (AvgIpc) is 2.80. The summed E-state index contributed by atoms with van der Waals surface area (Å²) < 4.78 is 0. The van der Waals surface area contributed by atoms with Gasteiger partial charge >= 0.3 is 5.97 Å². The second kappa shape index (κ2) is 5.21. The summed E-state index contributed by atoms with van der Waals surface area (Å²) >= 11 is 0. The van der Waals surface area contributed by atoms with Crippen LogP contribution in [0.4, 0.5) is 5.82 Å². The SMILES string of the molecule is O=C(Cc1ccccc1O)Nc1cc(C(=O)O)[nH]n1. The van der Waals surface area contributed by atoms with Crippen molar-refractivity contribution in [1.82, 2.24) is 10.2 Å². The summed E-state index contributed by atoms with van der Waals surface area (Å²) in [6.07, 6.45) is -0.0259. The third-order valence-corrected chi connectivity index (χ3v) is 2.42. The van der Waals surface area contributed by atoms with Gasteiger partial charge in [0.15, 0.2) is 5.82 Å². The Kier molecular flexibility index (Phi) is 3.46. The molecule has 2 aromatic rings. The van der Waals surface area contributed by atoms with Gasteiger partial charge in [-0.1, -0.05) is 18.2 Å². The van der Waals surface area contributed by atoms with E-state index in [2.05, 4.69) is 15.5 Å². The van der Waals surface area contributed by atoms with E-state index in [1.54, 1.807) is 18.2 Å². The Labute approximate surface area is 107 Å². The van der Waals surface area contributed by atoms with Gasteiger partial charge in [-0.15, -0.1) is 0 Å². The number of benzene rings is 1. The first-order chi connectivity index (χ1) is 9.06. The summed E-state index contributed by atoms with van der Waals surface area (Å²) in [4.78, 5) is 22.3. The molecular formula is C12H11N3O4. The number of carboxylic acids is 1. The lowest BCUT2D eigenvalue weighted by molar-refractivity contribution is -0.115. The minimum absolute atomic E-state index is 0.0259. The van der Waals surface area contributed by atoms with Crippen molar-refractivity contribution in [2.45, 2.75) is 6.42 Å². The average molecular weight is 261 g/mol. The Balaban J connectivity index is 2.01. The molecule has 0 aliphatic heterocycles. The Morgan fingerprint density at radius 3 is 2.68 bits per heavy atom. The molecule has 0 spiro atoms. The third-order valence-electron chi connectivity index (χ3n) is 2.42. The molecule has 7 heteroatoms. The standard InChI is InChI=1S/C12H11N3O4/c16-9-4-2-1-3-7(9)5-11(17)13-10-6-8(12(18)19)14-15-10/h1-4,6,16H,5H2,(H,18,19)(H2,13,14,15,17). The molecule has 2 rings (SSSR count). The molecule has 4 N–H and O–H groups in total. The second-order valence-electron chi connectivity index (χ2n) is 3.83. The van der Waals surface area contributed by atoms with Crippen LogP contribution in [-0.4, -0.2) is 32.3 Å². The molecule has 1 heterocycles. The molecule has 1 aromatic carbocycles. The molecule has 0 radical (unpaired) electrons. The maximum absolute atomic E-state index is 11.7. The van der Waals surface area contributed by atoms with E-state index >= 15 is 0 Å². The number of carbonyl (C=O) groups excluding carboxylic acids is 1. The number of aromatic carboxylic acids is 1.